The third-order valence-electron chi connectivity index (χ3n) is 7.77. The number of aromatic nitrogens is 4. The van der Waals surface area contributed by atoms with Gasteiger partial charge in [-0.25, -0.2) is 19.9 Å². The highest BCUT2D eigenvalue weighted by atomic mass is 16.5. The van der Waals surface area contributed by atoms with Crippen LogP contribution in [0.1, 0.15) is 59.0 Å². The van der Waals surface area contributed by atoms with E-state index in [9.17, 15) is 14.4 Å². The molecule has 0 fully saturated rings. The van der Waals surface area contributed by atoms with Crippen LogP contribution < -0.4 is 21.3 Å². The SMILES string of the molecule is CC.CN/C1=C\OCC(=O)NC(C(C)C)C(=O)NC(CC2=CC=C(C)CC=C2)C(=O)NCc2coc(n2)-c2coc(n2)-c2coc(n2)-c2coc1n2. The van der Waals surface area contributed by atoms with Gasteiger partial charge in [0.05, 0.1) is 12.2 Å². The number of fused-ring (bicyclic) bond motifs is 11. The molecule has 0 aromatic carbocycles. The van der Waals surface area contributed by atoms with E-state index < -0.39 is 36.4 Å². The molecule has 2 unspecified atom stereocenters. The third-order valence-corrected chi connectivity index (χ3v) is 7.77. The van der Waals surface area contributed by atoms with Gasteiger partial charge in [0, 0.05) is 13.5 Å². The maximum absolute atomic E-state index is 13.6. The van der Waals surface area contributed by atoms with Crippen LogP contribution in [0.15, 0.2) is 84.4 Å². The number of hydrogen-bond acceptors (Lipinski definition) is 13. The highest BCUT2D eigenvalue weighted by Crippen LogP contribution is 2.27. The monoisotopic (exact) mass is 714 g/mol. The fourth-order valence-electron chi connectivity index (χ4n) is 5.06. The van der Waals surface area contributed by atoms with Gasteiger partial charge in [-0.3, -0.25) is 14.4 Å². The summed E-state index contributed by atoms with van der Waals surface area (Å²) in [5.41, 5.74) is 3.60. The van der Waals surface area contributed by atoms with E-state index >= 15 is 0 Å². The van der Waals surface area contributed by atoms with Crippen molar-refractivity contribution in [3.05, 3.63) is 78.3 Å². The summed E-state index contributed by atoms with van der Waals surface area (Å²) in [7, 11) is 1.63. The Labute approximate surface area is 299 Å². The van der Waals surface area contributed by atoms with Crippen molar-refractivity contribution >= 4 is 23.4 Å². The van der Waals surface area contributed by atoms with Crippen LogP contribution in [0.2, 0.25) is 0 Å². The first-order valence-corrected chi connectivity index (χ1v) is 16.9. The van der Waals surface area contributed by atoms with E-state index in [1.165, 1.54) is 31.3 Å². The van der Waals surface area contributed by atoms with Gasteiger partial charge < -0.3 is 43.7 Å². The number of allylic oxidation sites excluding steroid dienone is 5. The molecule has 4 aromatic rings. The minimum Gasteiger partial charge on any atom is -0.489 e. The summed E-state index contributed by atoms with van der Waals surface area (Å²) in [5.74, 6) is -1.27. The van der Waals surface area contributed by atoms with Crippen LogP contribution in [0, 0.1) is 5.92 Å². The number of oxazole rings is 4. The standard InChI is InChI=1S/C34H36N8O8.C2H6/c1-18(2)28-30(45)38-22(10-20-7-5-6-19(3)8-9-20)29(44)36-11-21-12-47-32(37-21)24-14-49-34(40-24)26-16-50-33(41-26)25-15-48-31(39-25)23(35-4)13-46-17-27(43)42-28;1-2/h5,7-9,12-16,18,22,28,35H,6,10-11,17H2,1-4H3,(H,36,44)(H,38,45)(H,42,43);1-2H3/b23-13-;. The Bertz CT molecular complexity index is 1990. The second kappa shape index (κ2) is 17.2. The average Bonchev–Trinajstić information content (AvgIpc) is 3.96. The highest BCUT2D eigenvalue weighted by molar-refractivity contribution is 5.92. The van der Waals surface area contributed by atoms with Crippen molar-refractivity contribution in [2.75, 3.05) is 13.7 Å². The van der Waals surface area contributed by atoms with Crippen molar-refractivity contribution in [1.29, 1.82) is 0 Å². The number of ether oxygens (including phenoxy) is 1. The van der Waals surface area contributed by atoms with Gasteiger partial charge in [-0.2, -0.15) is 0 Å². The molecule has 274 valence electrons. The lowest BCUT2D eigenvalue weighted by molar-refractivity contribution is -0.133. The first-order chi connectivity index (χ1) is 25.2. The molecule has 0 saturated carbocycles. The summed E-state index contributed by atoms with van der Waals surface area (Å²) in [5, 5.41) is 11.3. The summed E-state index contributed by atoms with van der Waals surface area (Å²) < 4.78 is 27.9. The fourth-order valence-corrected chi connectivity index (χ4v) is 5.06. The van der Waals surface area contributed by atoms with Crippen LogP contribution >= 0.6 is 0 Å². The lowest BCUT2D eigenvalue weighted by Crippen LogP contribution is -2.55. The van der Waals surface area contributed by atoms with Crippen LogP contribution in [0.4, 0.5) is 0 Å². The summed E-state index contributed by atoms with van der Waals surface area (Å²) in [6, 6.07) is -1.94. The van der Waals surface area contributed by atoms with Gasteiger partial charge in [-0.15, -0.1) is 0 Å². The maximum atomic E-state index is 13.6. The Morgan fingerprint density at radius 3 is 2.10 bits per heavy atom. The van der Waals surface area contributed by atoms with E-state index in [1.807, 2.05) is 45.1 Å². The number of nitrogens with zero attached hydrogens (tertiary/aromatic N) is 4. The van der Waals surface area contributed by atoms with Crippen LogP contribution in [0.5, 0.6) is 0 Å². The predicted molar refractivity (Wildman–Crippen MR) is 188 cm³/mol. The number of carbonyl (C=O) groups is 3. The zero-order chi connectivity index (χ0) is 37.2. The van der Waals surface area contributed by atoms with Crippen molar-refractivity contribution < 1.29 is 36.8 Å². The predicted octanol–water partition coefficient (Wildman–Crippen LogP) is 4.68. The molecule has 0 spiro atoms. The van der Waals surface area contributed by atoms with Crippen LogP contribution in [0.25, 0.3) is 40.5 Å². The number of nitrogens with one attached hydrogen (secondary N) is 4. The van der Waals surface area contributed by atoms with Gasteiger partial charge in [-0.1, -0.05) is 57.6 Å². The van der Waals surface area contributed by atoms with Crippen molar-refractivity contribution in [1.82, 2.24) is 41.2 Å². The molecule has 3 amide bonds. The Balaban J connectivity index is 0.00000257. The van der Waals surface area contributed by atoms with Crippen LogP contribution in [-0.4, -0.2) is 63.4 Å². The van der Waals surface area contributed by atoms with E-state index in [1.54, 1.807) is 20.9 Å². The summed E-state index contributed by atoms with van der Waals surface area (Å²) in [4.78, 5) is 57.8. The molecule has 0 saturated heterocycles. The van der Waals surface area contributed by atoms with Crippen molar-refractivity contribution in [2.45, 2.75) is 66.1 Å². The molecule has 16 nitrogen and oxygen atoms in total. The van der Waals surface area contributed by atoms with E-state index in [0.717, 1.165) is 17.6 Å². The van der Waals surface area contributed by atoms with Gasteiger partial charge >= 0.3 is 0 Å². The molecule has 1 aliphatic carbocycles. The Morgan fingerprint density at radius 1 is 0.827 bits per heavy atom. The average molecular weight is 715 g/mol. The fraction of sp³-hybridized carbons (Fsp3) is 0.361. The first-order valence-electron chi connectivity index (χ1n) is 16.9. The number of carbonyl (C=O) groups excluding carboxylic acids is 3. The first kappa shape index (κ1) is 37.1. The van der Waals surface area contributed by atoms with Gasteiger partial charge in [-0.05, 0) is 24.8 Å². The van der Waals surface area contributed by atoms with Gasteiger partial charge in [0.2, 0.25) is 35.4 Å². The highest BCUT2D eigenvalue weighted by Gasteiger charge is 2.30. The van der Waals surface area contributed by atoms with Crippen LogP contribution in [-0.2, 0) is 25.7 Å². The van der Waals surface area contributed by atoms with Crippen molar-refractivity contribution in [2.24, 2.45) is 5.92 Å². The molecule has 5 heterocycles. The van der Waals surface area contributed by atoms with Gasteiger partial charge in [0.1, 0.15) is 49.1 Å². The van der Waals surface area contributed by atoms with Gasteiger partial charge in [0.25, 0.3) is 5.91 Å². The zero-order valence-corrected chi connectivity index (χ0v) is 29.8. The van der Waals surface area contributed by atoms with E-state index in [0.29, 0.717) is 17.1 Å². The second-order valence-electron chi connectivity index (χ2n) is 12.0. The van der Waals surface area contributed by atoms with Crippen molar-refractivity contribution in [3.8, 4) is 34.8 Å². The smallest absolute Gasteiger partial charge is 0.258 e. The quantitative estimate of drug-likeness (QED) is 0.226. The minimum atomic E-state index is -0.974. The lowest BCUT2D eigenvalue weighted by Gasteiger charge is -2.25. The number of hydrogen-bond donors (Lipinski definition) is 4. The Morgan fingerprint density at radius 2 is 1.44 bits per heavy atom. The molecule has 52 heavy (non-hydrogen) atoms. The summed E-state index contributed by atoms with van der Waals surface area (Å²) in [6.07, 6.45) is 15.6. The largest absolute Gasteiger partial charge is 0.489 e. The summed E-state index contributed by atoms with van der Waals surface area (Å²) >= 11 is 0. The molecule has 8 bridgehead atoms. The van der Waals surface area contributed by atoms with E-state index in [2.05, 4.69) is 41.2 Å². The van der Waals surface area contributed by atoms with E-state index in [-0.39, 0.29) is 53.8 Å². The molecule has 4 N–H and O–H groups in total. The number of rotatable bonds is 4. The van der Waals surface area contributed by atoms with Crippen LogP contribution in [0.3, 0.4) is 0 Å². The van der Waals surface area contributed by atoms with Crippen molar-refractivity contribution in [3.63, 3.8) is 0 Å². The third kappa shape index (κ3) is 9.12. The minimum absolute atomic E-state index is 0.00342. The van der Waals surface area contributed by atoms with E-state index in [4.69, 9.17) is 22.4 Å². The molecule has 4 aromatic heterocycles. The topological polar surface area (TPSA) is 213 Å². The molecule has 0 radical (unpaired) electrons. The Kier molecular flexibility index (Phi) is 12.2. The molecular formula is C36H42N8O8. The summed E-state index contributed by atoms with van der Waals surface area (Å²) in [6.45, 7) is 9.18. The normalized spacial score (nSPS) is 19.4. The molecule has 6 rings (SSSR count). The molecule has 16 heteroatoms. The maximum Gasteiger partial charge on any atom is 0.258 e. The van der Waals surface area contributed by atoms with Gasteiger partial charge in [0.15, 0.2) is 23.7 Å². The molecular weight excluding hydrogens is 672 g/mol. The zero-order valence-electron chi connectivity index (χ0n) is 29.8. The molecule has 2 aliphatic rings. The number of amides is 3. The molecule has 2 atom stereocenters. The Hall–Kier alpha value is -6.19. The second-order valence-corrected chi connectivity index (χ2v) is 12.0. The lowest BCUT2D eigenvalue weighted by atomic mass is 10.0. The molecule has 1 aliphatic heterocycles.